The molecule has 2 unspecified atom stereocenters. The molecule has 0 radical (unpaired) electrons. The van der Waals surface area contributed by atoms with Crippen LogP contribution in [0.4, 0.5) is 0 Å². The normalized spacial score (nSPS) is 29.7. The molecule has 2 heteroatoms. The lowest BCUT2D eigenvalue weighted by Crippen LogP contribution is -2.42. The van der Waals surface area contributed by atoms with Gasteiger partial charge < -0.3 is 4.90 Å². The van der Waals surface area contributed by atoms with E-state index >= 15 is 0 Å². The summed E-state index contributed by atoms with van der Waals surface area (Å²) in [7, 11) is 2.36. The van der Waals surface area contributed by atoms with E-state index in [0.717, 1.165) is 18.9 Å². The van der Waals surface area contributed by atoms with Crippen molar-refractivity contribution in [3.63, 3.8) is 0 Å². The number of rotatable bonds is 3. The van der Waals surface area contributed by atoms with E-state index in [9.17, 15) is 4.79 Å². The molecule has 2 rings (SSSR count). The minimum absolute atomic E-state index is 0.314. The molecule has 23 heavy (non-hydrogen) atoms. The van der Waals surface area contributed by atoms with Gasteiger partial charge in [-0.15, -0.1) is 0 Å². The first kappa shape index (κ1) is 19.0. The number of nitrogens with zero attached hydrogens (tertiary/aromatic N) is 1. The smallest absolute Gasteiger partial charge is 0.132 e. The Bertz CT molecular complexity index is 333. The highest BCUT2D eigenvalue weighted by Crippen LogP contribution is 2.29. The molecule has 2 aliphatic rings. The fraction of sp³-hybridized carbons (Fsp3) is 0.952. The number of carbonyl (C=O) groups is 1. The largest absolute Gasteiger partial charge is 0.300 e. The summed E-state index contributed by atoms with van der Waals surface area (Å²) in [6.07, 6.45) is 20.1. The van der Waals surface area contributed by atoms with E-state index in [4.69, 9.17) is 0 Å². The van der Waals surface area contributed by atoms with E-state index in [2.05, 4.69) is 11.9 Å². The molecule has 2 atom stereocenters. The molecule has 0 aromatic carbocycles. The van der Waals surface area contributed by atoms with Crippen LogP contribution in [0.2, 0.25) is 0 Å². The minimum Gasteiger partial charge on any atom is -0.300 e. The molecule has 0 bridgehead atoms. The number of ketones is 1. The van der Waals surface area contributed by atoms with Gasteiger partial charge in [0.1, 0.15) is 5.78 Å². The fourth-order valence-electron chi connectivity index (χ4n) is 4.74. The van der Waals surface area contributed by atoms with Crippen LogP contribution in [0.1, 0.15) is 103 Å². The zero-order chi connectivity index (χ0) is 16.5. The van der Waals surface area contributed by atoms with Gasteiger partial charge in [0.05, 0.1) is 0 Å². The monoisotopic (exact) mass is 321 g/mol. The zero-order valence-electron chi connectivity index (χ0n) is 15.7. The van der Waals surface area contributed by atoms with Crippen LogP contribution in [-0.2, 0) is 4.79 Å². The highest BCUT2D eigenvalue weighted by molar-refractivity contribution is 5.78. The summed E-state index contributed by atoms with van der Waals surface area (Å²) < 4.78 is 0. The third-order valence-electron chi connectivity index (χ3n) is 6.45. The summed E-state index contributed by atoms with van der Waals surface area (Å²) in [6, 6.07) is 1.39. The van der Waals surface area contributed by atoms with Gasteiger partial charge in [-0.2, -0.15) is 0 Å². The van der Waals surface area contributed by atoms with Gasteiger partial charge in [-0.25, -0.2) is 0 Å². The van der Waals surface area contributed by atoms with E-state index in [1.807, 2.05) is 6.92 Å². The first-order valence-electron chi connectivity index (χ1n) is 10.4. The molecule has 0 amide bonds. The molecule has 2 fully saturated rings. The molecule has 2 aliphatic carbocycles. The Kier molecular flexibility index (Phi) is 8.64. The summed E-state index contributed by atoms with van der Waals surface area (Å²) in [5.74, 6) is 0.746. The van der Waals surface area contributed by atoms with Crippen LogP contribution < -0.4 is 0 Å². The topological polar surface area (TPSA) is 20.3 Å². The Hall–Kier alpha value is -0.370. The number of hydrogen-bond acceptors (Lipinski definition) is 2. The number of carbonyl (C=O) groups excluding carboxylic acids is 1. The summed E-state index contributed by atoms with van der Waals surface area (Å²) in [6.45, 7) is 1.82. The second kappa shape index (κ2) is 10.5. The van der Waals surface area contributed by atoms with Crippen LogP contribution in [0, 0.1) is 5.92 Å². The van der Waals surface area contributed by atoms with Gasteiger partial charge in [0.25, 0.3) is 0 Å². The van der Waals surface area contributed by atoms with E-state index in [0.29, 0.717) is 17.7 Å². The van der Waals surface area contributed by atoms with Gasteiger partial charge in [-0.3, -0.25) is 4.79 Å². The van der Waals surface area contributed by atoms with Gasteiger partial charge in [0.15, 0.2) is 0 Å². The molecular formula is C21H39NO. The lowest BCUT2D eigenvalue weighted by Gasteiger charge is -2.38. The molecule has 2 saturated carbocycles. The molecule has 0 aliphatic heterocycles. The van der Waals surface area contributed by atoms with Gasteiger partial charge in [-0.1, -0.05) is 64.2 Å². The maximum Gasteiger partial charge on any atom is 0.132 e. The maximum absolute atomic E-state index is 12.1. The molecule has 2 nitrogen and oxygen atoms in total. The quantitative estimate of drug-likeness (QED) is 0.660. The van der Waals surface area contributed by atoms with Crippen molar-refractivity contribution in [3.8, 4) is 0 Å². The van der Waals surface area contributed by atoms with E-state index in [1.54, 1.807) is 0 Å². The van der Waals surface area contributed by atoms with Gasteiger partial charge in [0, 0.05) is 18.0 Å². The molecule has 0 aromatic rings. The van der Waals surface area contributed by atoms with E-state index < -0.39 is 0 Å². The van der Waals surface area contributed by atoms with Crippen molar-refractivity contribution in [1.82, 2.24) is 4.90 Å². The zero-order valence-corrected chi connectivity index (χ0v) is 15.7. The predicted octanol–water partition coefficient (Wildman–Crippen LogP) is 5.74. The summed E-state index contributed by atoms with van der Waals surface area (Å²) in [4.78, 5) is 14.8. The summed E-state index contributed by atoms with van der Waals surface area (Å²) >= 11 is 0. The second-order valence-electron chi connectivity index (χ2n) is 8.21. The van der Waals surface area contributed by atoms with Gasteiger partial charge >= 0.3 is 0 Å². The van der Waals surface area contributed by atoms with Crippen LogP contribution in [0.15, 0.2) is 0 Å². The first-order chi connectivity index (χ1) is 11.2. The van der Waals surface area contributed by atoms with Crippen LogP contribution >= 0.6 is 0 Å². The molecule has 134 valence electrons. The molecule has 0 heterocycles. The van der Waals surface area contributed by atoms with Gasteiger partial charge in [-0.05, 0) is 46.1 Å². The Morgan fingerprint density at radius 3 is 1.65 bits per heavy atom. The number of hydrogen-bond donors (Lipinski definition) is 0. The first-order valence-corrected chi connectivity index (χ1v) is 10.4. The third-order valence-corrected chi connectivity index (χ3v) is 6.45. The van der Waals surface area contributed by atoms with Crippen molar-refractivity contribution in [2.45, 2.75) is 115 Å². The van der Waals surface area contributed by atoms with E-state index in [-0.39, 0.29) is 0 Å². The van der Waals surface area contributed by atoms with Crippen molar-refractivity contribution in [3.05, 3.63) is 0 Å². The molecular weight excluding hydrogens is 282 g/mol. The van der Waals surface area contributed by atoms with Crippen LogP contribution in [0.5, 0.6) is 0 Å². The Morgan fingerprint density at radius 1 is 0.696 bits per heavy atom. The SMILES string of the molecule is CC(=O)C1CCCCCCCC(N(C)C2CCCCCCC2)C1. The van der Waals surface area contributed by atoms with Crippen molar-refractivity contribution in [2.24, 2.45) is 5.92 Å². The van der Waals surface area contributed by atoms with Crippen LogP contribution in [0.3, 0.4) is 0 Å². The fourth-order valence-corrected chi connectivity index (χ4v) is 4.74. The lowest BCUT2D eigenvalue weighted by molar-refractivity contribution is -0.121. The Labute approximate surface area is 144 Å². The molecule has 0 spiro atoms. The Morgan fingerprint density at radius 2 is 1.13 bits per heavy atom. The van der Waals surface area contributed by atoms with Gasteiger partial charge in [0.2, 0.25) is 0 Å². The maximum atomic E-state index is 12.1. The van der Waals surface area contributed by atoms with Crippen molar-refractivity contribution in [2.75, 3.05) is 7.05 Å². The predicted molar refractivity (Wildman–Crippen MR) is 98.8 cm³/mol. The summed E-state index contributed by atoms with van der Waals surface area (Å²) in [5.41, 5.74) is 0. The molecule has 0 aromatic heterocycles. The molecule has 0 N–H and O–H groups in total. The van der Waals surface area contributed by atoms with Crippen LogP contribution in [-0.4, -0.2) is 29.8 Å². The van der Waals surface area contributed by atoms with Crippen molar-refractivity contribution < 1.29 is 4.79 Å². The minimum atomic E-state index is 0.314. The average Bonchev–Trinajstić information content (AvgIpc) is 2.51. The number of Topliss-reactive ketones (excluding diaryl/α,β-unsaturated/α-hetero) is 1. The average molecular weight is 322 g/mol. The second-order valence-corrected chi connectivity index (χ2v) is 8.21. The summed E-state index contributed by atoms with van der Waals surface area (Å²) in [5, 5.41) is 0. The highest BCUT2D eigenvalue weighted by atomic mass is 16.1. The Balaban J connectivity index is 1.99. The third kappa shape index (κ3) is 6.57. The standard InChI is InChI=1S/C21H39NO/c1-18(23)19-13-9-5-3-8-12-16-21(17-19)22(2)20-14-10-6-4-7-11-15-20/h19-21H,3-17H2,1-2H3. The lowest BCUT2D eigenvalue weighted by atomic mass is 9.85. The highest BCUT2D eigenvalue weighted by Gasteiger charge is 2.27. The molecule has 0 saturated heterocycles. The van der Waals surface area contributed by atoms with Crippen LogP contribution in [0.25, 0.3) is 0 Å². The van der Waals surface area contributed by atoms with Crippen molar-refractivity contribution >= 4 is 5.78 Å². The van der Waals surface area contributed by atoms with Crippen molar-refractivity contribution in [1.29, 1.82) is 0 Å². The van der Waals surface area contributed by atoms with E-state index in [1.165, 1.54) is 83.5 Å².